The van der Waals surface area contributed by atoms with Crippen LogP contribution in [0.25, 0.3) is 0 Å². The van der Waals surface area contributed by atoms with Crippen LogP contribution in [0.4, 0.5) is 5.69 Å². The molecule has 0 spiro atoms. The van der Waals surface area contributed by atoms with Gasteiger partial charge in [0.05, 0.1) is 21.3 Å². The molecule has 0 bridgehead atoms. The standard InChI is InChI=1S/C32H34N4O5.C2H4O2/c1-38-26-15-9-22(17-28(26)39-2)19-35-32(37)30(36-25-13-10-23(11-14-25)31(33)34)24-12-16-27(29(18-24)40-3)41-20-21-7-5-4-6-8-21;1-2(3)4/h4-18,30,36H,19-20H2,1-3H3,(H3,33,34)(H,35,37);1H3,(H,3,4). The fraction of sp³-hybridized carbons (Fsp3) is 0.206. The lowest BCUT2D eigenvalue weighted by Gasteiger charge is -2.22. The largest absolute Gasteiger partial charge is 0.493 e. The first-order chi connectivity index (χ1) is 21.6. The molecule has 0 aromatic heterocycles. The van der Waals surface area contributed by atoms with Crippen LogP contribution < -0.4 is 35.3 Å². The molecule has 6 N–H and O–H groups in total. The highest BCUT2D eigenvalue weighted by molar-refractivity contribution is 5.95. The third-order valence-corrected chi connectivity index (χ3v) is 6.44. The van der Waals surface area contributed by atoms with E-state index in [4.69, 9.17) is 40.0 Å². The van der Waals surface area contributed by atoms with Gasteiger partial charge in [-0.2, -0.15) is 0 Å². The second-order valence-corrected chi connectivity index (χ2v) is 9.68. The molecule has 0 saturated heterocycles. The number of aliphatic carboxylic acids is 1. The average Bonchev–Trinajstić information content (AvgIpc) is 3.05. The van der Waals surface area contributed by atoms with Gasteiger partial charge in [0.15, 0.2) is 23.0 Å². The summed E-state index contributed by atoms with van der Waals surface area (Å²) in [5.41, 5.74) is 9.43. The molecule has 0 heterocycles. The highest BCUT2D eigenvalue weighted by atomic mass is 16.5. The second-order valence-electron chi connectivity index (χ2n) is 9.68. The minimum atomic E-state index is -0.833. The van der Waals surface area contributed by atoms with E-state index in [-0.39, 0.29) is 18.3 Å². The molecular formula is C34H38N4O7. The molecule has 0 aliphatic rings. The van der Waals surface area contributed by atoms with Crippen LogP contribution in [0.1, 0.15) is 35.2 Å². The molecule has 1 unspecified atom stereocenters. The number of amidine groups is 1. The Hall–Kier alpha value is -5.71. The van der Waals surface area contributed by atoms with Crippen LogP contribution in [0.15, 0.2) is 91.0 Å². The molecule has 4 aromatic carbocycles. The summed E-state index contributed by atoms with van der Waals surface area (Å²) in [6.45, 7) is 1.74. The molecule has 4 aromatic rings. The number of carboxylic acids is 1. The summed E-state index contributed by atoms with van der Waals surface area (Å²) < 4.78 is 22.3. The molecule has 0 aliphatic carbocycles. The van der Waals surface area contributed by atoms with Crippen molar-refractivity contribution in [3.8, 4) is 23.0 Å². The Morgan fingerprint density at radius 3 is 2.00 bits per heavy atom. The number of anilines is 1. The van der Waals surface area contributed by atoms with Crippen LogP contribution in [0.5, 0.6) is 23.0 Å². The highest BCUT2D eigenvalue weighted by Gasteiger charge is 2.23. The number of carbonyl (C=O) groups excluding carboxylic acids is 1. The van der Waals surface area contributed by atoms with E-state index in [0.29, 0.717) is 46.4 Å². The summed E-state index contributed by atoms with van der Waals surface area (Å²) in [6.07, 6.45) is 0. The van der Waals surface area contributed by atoms with E-state index >= 15 is 0 Å². The summed E-state index contributed by atoms with van der Waals surface area (Å²) in [4.78, 5) is 22.6. The molecule has 11 heteroatoms. The van der Waals surface area contributed by atoms with E-state index in [1.165, 1.54) is 0 Å². The van der Waals surface area contributed by atoms with Crippen molar-refractivity contribution >= 4 is 23.4 Å². The summed E-state index contributed by atoms with van der Waals surface area (Å²) in [5, 5.41) is 21.4. The van der Waals surface area contributed by atoms with Gasteiger partial charge in [0, 0.05) is 24.7 Å². The fourth-order valence-corrected chi connectivity index (χ4v) is 4.21. The summed E-state index contributed by atoms with van der Waals surface area (Å²) in [7, 11) is 4.71. The topological polar surface area (TPSA) is 165 Å². The van der Waals surface area contributed by atoms with Gasteiger partial charge >= 0.3 is 0 Å². The number of rotatable bonds is 13. The van der Waals surface area contributed by atoms with Crippen molar-refractivity contribution < 1.29 is 33.6 Å². The normalized spacial score (nSPS) is 10.8. The number of methoxy groups -OCH3 is 3. The number of nitrogens with two attached hydrogens (primary N) is 1. The summed E-state index contributed by atoms with van der Waals surface area (Å²) in [6, 6.07) is 27.0. The zero-order valence-electron chi connectivity index (χ0n) is 25.6. The van der Waals surface area contributed by atoms with Gasteiger partial charge in [0.25, 0.3) is 5.97 Å². The first-order valence-corrected chi connectivity index (χ1v) is 13.9. The lowest BCUT2D eigenvalue weighted by molar-refractivity contribution is -0.134. The maximum absolute atomic E-state index is 13.6. The number of carboxylic acid groups (broad SMARTS) is 1. The Morgan fingerprint density at radius 2 is 1.40 bits per heavy atom. The molecule has 236 valence electrons. The number of carbonyl (C=O) groups is 2. The third-order valence-electron chi connectivity index (χ3n) is 6.44. The van der Waals surface area contributed by atoms with Crippen LogP contribution in [0.2, 0.25) is 0 Å². The van der Waals surface area contributed by atoms with Gasteiger partial charge in [-0.1, -0.05) is 42.5 Å². The molecule has 0 saturated carbocycles. The van der Waals surface area contributed by atoms with Gasteiger partial charge in [0.1, 0.15) is 18.5 Å². The third kappa shape index (κ3) is 10.2. The summed E-state index contributed by atoms with van der Waals surface area (Å²) in [5.74, 6) is 1.14. The first-order valence-electron chi connectivity index (χ1n) is 13.9. The maximum Gasteiger partial charge on any atom is 0.300 e. The SMILES string of the molecule is CC(=O)O.COc1ccc(CNC(=O)C(Nc2ccc(C(=N)N)cc2)c2ccc(OCc3ccccc3)c(OC)c2)cc1OC. The molecular weight excluding hydrogens is 576 g/mol. The molecule has 11 nitrogen and oxygen atoms in total. The number of ether oxygens (including phenoxy) is 4. The van der Waals surface area contributed by atoms with Gasteiger partial charge in [-0.25, -0.2) is 0 Å². The molecule has 1 amide bonds. The molecule has 0 radical (unpaired) electrons. The number of nitrogen functional groups attached to an aromatic ring is 1. The van der Waals surface area contributed by atoms with E-state index in [2.05, 4.69) is 10.6 Å². The van der Waals surface area contributed by atoms with E-state index in [1.807, 2.05) is 48.5 Å². The first kappa shape index (κ1) is 33.8. The molecule has 0 fully saturated rings. The zero-order chi connectivity index (χ0) is 32.8. The number of nitrogens with one attached hydrogen (secondary N) is 3. The lowest BCUT2D eigenvalue weighted by atomic mass is 10.0. The minimum Gasteiger partial charge on any atom is -0.493 e. The van der Waals surface area contributed by atoms with Gasteiger partial charge in [0.2, 0.25) is 5.91 Å². The number of hydrogen-bond donors (Lipinski definition) is 5. The van der Waals surface area contributed by atoms with Crippen molar-refractivity contribution in [2.45, 2.75) is 26.1 Å². The predicted molar refractivity (Wildman–Crippen MR) is 172 cm³/mol. The van der Waals surface area contributed by atoms with E-state index in [1.54, 1.807) is 63.8 Å². The Balaban J connectivity index is 0.00000130. The summed E-state index contributed by atoms with van der Waals surface area (Å²) >= 11 is 0. The van der Waals surface area contributed by atoms with Crippen molar-refractivity contribution in [3.05, 3.63) is 113 Å². The van der Waals surface area contributed by atoms with Crippen LogP contribution >= 0.6 is 0 Å². The zero-order valence-corrected chi connectivity index (χ0v) is 25.6. The van der Waals surface area contributed by atoms with Crippen LogP contribution in [0.3, 0.4) is 0 Å². The van der Waals surface area contributed by atoms with Crippen LogP contribution in [-0.2, 0) is 22.7 Å². The van der Waals surface area contributed by atoms with Crippen molar-refractivity contribution in [1.82, 2.24) is 5.32 Å². The Labute approximate surface area is 262 Å². The smallest absolute Gasteiger partial charge is 0.300 e. The fourth-order valence-electron chi connectivity index (χ4n) is 4.21. The average molecular weight is 615 g/mol. The monoisotopic (exact) mass is 614 g/mol. The number of hydrogen-bond acceptors (Lipinski definition) is 8. The van der Waals surface area contributed by atoms with Crippen molar-refractivity contribution in [2.75, 3.05) is 26.6 Å². The van der Waals surface area contributed by atoms with E-state index in [0.717, 1.165) is 18.1 Å². The Kier molecular flexibility index (Phi) is 12.6. The molecule has 4 rings (SSSR count). The highest BCUT2D eigenvalue weighted by Crippen LogP contribution is 2.33. The van der Waals surface area contributed by atoms with Gasteiger partial charge in [-0.05, 0) is 65.2 Å². The molecule has 1 atom stereocenters. The van der Waals surface area contributed by atoms with Crippen molar-refractivity contribution in [2.24, 2.45) is 5.73 Å². The minimum absolute atomic E-state index is 0.0309. The second kappa shape index (κ2) is 16.8. The van der Waals surface area contributed by atoms with E-state index < -0.39 is 12.0 Å². The molecule has 0 aliphatic heterocycles. The maximum atomic E-state index is 13.6. The van der Waals surface area contributed by atoms with Crippen LogP contribution in [-0.4, -0.2) is 44.1 Å². The van der Waals surface area contributed by atoms with Crippen molar-refractivity contribution in [3.63, 3.8) is 0 Å². The number of amides is 1. The van der Waals surface area contributed by atoms with Gasteiger partial charge < -0.3 is 40.4 Å². The van der Waals surface area contributed by atoms with Gasteiger partial charge in [-0.3, -0.25) is 15.0 Å². The van der Waals surface area contributed by atoms with Crippen LogP contribution in [0, 0.1) is 5.41 Å². The lowest BCUT2D eigenvalue weighted by Crippen LogP contribution is -2.33. The predicted octanol–water partition coefficient (Wildman–Crippen LogP) is 5.14. The van der Waals surface area contributed by atoms with Gasteiger partial charge in [-0.15, -0.1) is 0 Å². The quantitative estimate of drug-likeness (QED) is 0.101. The van der Waals surface area contributed by atoms with Crippen molar-refractivity contribution in [1.29, 1.82) is 5.41 Å². The Morgan fingerprint density at radius 1 is 0.800 bits per heavy atom. The molecule has 45 heavy (non-hydrogen) atoms. The Bertz CT molecular complexity index is 1570. The van der Waals surface area contributed by atoms with E-state index in [9.17, 15) is 4.79 Å². The number of benzene rings is 4.